The number of nitrogens with zero attached hydrogens (tertiary/aromatic N) is 1. The summed E-state index contributed by atoms with van der Waals surface area (Å²) in [6.07, 6.45) is 0. The van der Waals surface area contributed by atoms with Crippen LogP contribution < -0.4 is 9.62 Å². The largest absolute Gasteiger partial charge is 0.339 e. The number of benzene rings is 1. The molecule has 0 heterocycles. The summed E-state index contributed by atoms with van der Waals surface area (Å²) in [4.78, 5) is 1.39. The van der Waals surface area contributed by atoms with E-state index in [0.717, 1.165) is 6.54 Å². The van der Waals surface area contributed by atoms with E-state index < -0.39 is 20.0 Å². The van der Waals surface area contributed by atoms with Crippen LogP contribution in [0.2, 0.25) is 0 Å². The molecule has 0 saturated carbocycles. The van der Waals surface area contributed by atoms with Crippen molar-refractivity contribution < 1.29 is 21.7 Å². The maximum atomic E-state index is 12.5. The van der Waals surface area contributed by atoms with Gasteiger partial charge in [-0.15, -0.1) is 0 Å². The van der Waals surface area contributed by atoms with Gasteiger partial charge in [0.15, 0.2) is 0 Å². The van der Waals surface area contributed by atoms with Gasteiger partial charge in [0.05, 0.1) is 30.4 Å². The Labute approximate surface area is 158 Å². The Morgan fingerprint density at radius 2 is 1.42 bits per heavy atom. The summed E-state index contributed by atoms with van der Waals surface area (Å²) in [5.74, 6) is 0. The van der Waals surface area contributed by atoms with Crippen molar-refractivity contribution in [2.75, 3.05) is 40.3 Å². The first-order valence-electron chi connectivity index (χ1n) is 8.74. The van der Waals surface area contributed by atoms with Crippen LogP contribution in [0.4, 0.5) is 0 Å². The maximum Gasteiger partial charge on any atom is 0.243 e. The molecule has 0 unspecified atom stereocenters. The van der Waals surface area contributed by atoms with Gasteiger partial charge >= 0.3 is 0 Å². The van der Waals surface area contributed by atoms with Gasteiger partial charge in [0.1, 0.15) is 0 Å². The minimum atomic E-state index is -3.69. The van der Waals surface area contributed by atoms with Gasteiger partial charge in [-0.25, -0.2) is 21.6 Å². The number of nitrogens with one attached hydrogen (secondary N) is 2. The number of hydrogen-bond donors (Lipinski definition) is 2. The van der Waals surface area contributed by atoms with E-state index in [0.29, 0.717) is 19.6 Å². The molecule has 0 bridgehead atoms. The predicted molar refractivity (Wildman–Crippen MR) is 103 cm³/mol. The van der Waals surface area contributed by atoms with Crippen LogP contribution in [-0.2, 0) is 20.0 Å². The Morgan fingerprint density at radius 1 is 0.962 bits per heavy atom. The summed E-state index contributed by atoms with van der Waals surface area (Å²) < 4.78 is 53.9. The fourth-order valence-corrected chi connectivity index (χ4v) is 5.60. The predicted octanol–water partition coefficient (Wildman–Crippen LogP) is 0.166. The highest BCUT2D eigenvalue weighted by Gasteiger charge is 2.26. The Bertz CT molecular complexity index is 782. The zero-order valence-corrected chi connectivity index (χ0v) is 18.2. The summed E-state index contributed by atoms with van der Waals surface area (Å²) in [6, 6.07) is 5.36. The monoisotopic (exact) mass is 406 g/mol. The Kier molecular flexibility index (Phi) is 7.79. The minimum absolute atomic E-state index is 0.0593. The Morgan fingerprint density at radius 3 is 1.85 bits per heavy atom. The summed E-state index contributed by atoms with van der Waals surface area (Å²) in [5, 5.41) is 0. The standard InChI is InChI=1S/C17H31N3O4S2/c1-7-20(8-2)26(23,24)16-11-9-15(10-12-16)25(21,22)18-13-17(3,4)14-19(5)6/h9-12,18H,7-8,13-14H2,1-6H3/p+1. The summed E-state index contributed by atoms with van der Waals surface area (Å²) in [5.41, 5.74) is -0.196. The molecule has 2 N–H and O–H groups in total. The first-order chi connectivity index (χ1) is 11.9. The van der Waals surface area contributed by atoms with E-state index >= 15 is 0 Å². The molecule has 0 aliphatic carbocycles. The van der Waals surface area contributed by atoms with Gasteiger partial charge in [-0.3, -0.25) is 0 Å². The van der Waals surface area contributed by atoms with Gasteiger partial charge in [-0.1, -0.05) is 27.7 Å². The highest BCUT2D eigenvalue weighted by Crippen LogP contribution is 2.19. The molecule has 1 aromatic rings. The van der Waals surface area contributed by atoms with Crippen molar-refractivity contribution in [1.82, 2.24) is 9.03 Å². The topological polar surface area (TPSA) is 88.0 Å². The molecule has 150 valence electrons. The normalized spacial score (nSPS) is 13.5. The van der Waals surface area contributed by atoms with Gasteiger partial charge in [0, 0.05) is 25.0 Å². The lowest BCUT2D eigenvalue weighted by Crippen LogP contribution is -3.07. The van der Waals surface area contributed by atoms with E-state index in [4.69, 9.17) is 0 Å². The van der Waals surface area contributed by atoms with E-state index in [-0.39, 0.29) is 15.2 Å². The third kappa shape index (κ3) is 6.02. The quantitative estimate of drug-likeness (QED) is 0.580. The lowest BCUT2D eigenvalue weighted by atomic mass is 9.93. The first-order valence-corrected chi connectivity index (χ1v) is 11.7. The summed E-state index contributed by atoms with van der Waals surface area (Å²) in [7, 11) is -3.25. The molecule has 1 aromatic carbocycles. The molecule has 0 aliphatic rings. The molecule has 7 nitrogen and oxygen atoms in total. The van der Waals surface area contributed by atoms with Crippen LogP contribution in [0.3, 0.4) is 0 Å². The fraction of sp³-hybridized carbons (Fsp3) is 0.647. The van der Waals surface area contributed by atoms with Gasteiger partial charge in [0.25, 0.3) is 0 Å². The van der Waals surface area contributed by atoms with Gasteiger partial charge < -0.3 is 4.90 Å². The molecule has 26 heavy (non-hydrogen) atoms. The SMILES string of the molecule is CCN(CC)S(=O)(=O)c1ccc(S(=O)(=O)NCC(C)(C)C[NH+](C)C)cc1. The van der Waals surface area contributed by atoms with Crippen molar-refractivity contribution >= 4 is 20.0 Å². The molecule has 0 saturated heterocycles. The van der Waals surface area contributed by atoms with Crippen LogP contribution in [0.5, 0.6) is 0 Å². The van der Waals surface area contributed by atoms with Crippen LogP contribution in [0, 0.1) is 5.41 Å². The molecule has 0 aromatic heterocycles. The van der Waals surface area contributed by atoms with Gasteiger partial charge in [0.2, 0.25) is 20.0 Å². The lowest BCUT2D eigenvalue weighted by molar-refractivity contribution is -0.865. The average Bonchev–Trinajstić information content (AvgIpc) is 2.53. The minimum Gasteiger partial charge on any atom is -0.339 e. The van der Waals surface area contributed by atoms with Crippen LogP contribution in [-0.4, -0.2) is 61.4 Å². The maximum absolute atomic E-state index is 12.5. The summed E-state index contributed by atoms with van der Waals surface area (Å²) >= 11 is 0. The molecule has 1 rings (SSSR count). The number of quaternary nitrogens is 1. The van der Waals surface area contributed by atoms with Crippen molar-refractivity contribution in [2.45, 2.75) is 37.5 Å². The van der Waals surface area contributed by atoms with E-state index in [1.165, 1.54) is 33.5 Å². The second-order valence-electron chi connectivity index (χ2n) is 7.43. The molecule has 0 spiro atoms. The first kappa shape index (κ1) is 23.0. The van der Waals surface area contributed by atoms with Crippen LogP contribution in [0.25, 0.3) is 0 Å². The van der Waals surface area contributed by atoms with Crippen molar-refractivity contribution in [3.05, 3.63) is 24.3 Å². The molecule has 0 aliphatic heterocycles. The smallest absolute Gasteiger partial charge is 0.243 e. The molecule has 0 radical (unpaired) electrons. The van der Waals surface area contributed by atoms with Crippen molar-refractivity contribution in [3.8, 4) is 0 Å². The van der Waals surface area contributed by atoms with E-state index in [2.05, 4.69) is 4.72 Å². The molecule has 9 heteroatoms. The van der Waals surface area contributed by atoms with Crippen molar-refractivity contribution in [1.29, 1.82) is 0 Å². The number of hydrogen-bond acceptors (Lipinski definition) is 4. The zero-order chi connectivity index (χ0) is 20.2. The zero-order valence-electron chi connectivity index (χ0n) is 16.5. The van der Waals surface area contributed by atoms with Crippen LogP contribution >= 0.6 is 0 Å². The second kappa shape index (κ2) is 8.79. The van der Waals surface area contributed by atoms with Crippen molar-refractivity contribution in [2.24, 2.45) is 5.41 Å². The van der Waals surface area contributed by atoms with E-state index in [9.17, 15) is 16.8 Å². The lowest BCUT2D eigenvalue weighted by Gasteiger charge is -2.26. The molecular weight excluding hydrogens is 374 g/mol. The second-order valence-corrected chi connectivity index (χ2v) is 11.1. The van der Waals surface area contributed by atoms with Gasteiger partial charge in [-0.05, 0) is 24.3 Å². The molecule has 0 atom stereocenters. The highest BCUT2D eigenvalue weighted by atomic mass is 32.2. The third-order valence-electron chi connectivity index (χ3n) is 4.05. The number of rotatable bonds is 10. The van der Waals surface area contributed by atoms with E-state index in [1.807, 2.05) is 27.9 Å². The molecule has 0 fully saturated rings. The molecule has 0 amide bonds. The average molecular weight is 407 g/mol. The Balaban J connectivity index is 2.97. The van der Waals surface area contributed by atoms with Crippen LogP contribution in [0.1, 0.15) is 27.7 Å². The van der Waals surface area contributed by atoms with E-state index in [1.54, 1.807) is 13.8 Å². The summed E-state index contributed by atoms with van der Waals surface area (Å²) in [6.45, 7) is 9.38. The Hall–Kier alpha value is -1.00. The van der Waals surface area contributed by atoms with Crippen LogP contribution in [0.15, 0.2) is 34.1 Å². The third-order valence-corrected chi connectivity index (χ3v) is 7.53. The molecular formula is C17H32N3O4S2+. The van der Waals surface area contributed by atoms with Gasteiger partial charge in [-0.2, -0.15) is 4.31 Å². The number of sulfonamides is 2. The fourth-order valence-electron chi connectivity index (χ4n) is 2.90. The highest BCUT2D eigenvalue weighted by molar-refractivity contribution is 7.89. The van der Waals surface area contributed by atoms with Crippen molar-refractivity contribution in [3.63, 3.8) is 0 Å².